The fraction of sp³-hybridized carbons (Fsp3) is 0.923. The molecule has 0 aliphatic heterocycles. The zero-order valence-electron chi connectivity index (χ0n) is 11.9. The molecule has 4 heteroatoms. The Balaban J connectivity index is 4.08. The quantitative estimate of drug-likeness (QED) is 0.684. The molecule has 3 N–H and O–H groups in total. The van der Waals surface area contributed by atoms with Crippen molar-refractivity contribution >= 4 is 5.91 Å². The molecule has 0 aromatic carbocycles. The number of rotatable bonds is 8. The number of carbonyl (C=O) groups excluding carboxylic acids is 1. The summed E-state index contributed by atoms with van der Waals surface area (Å²) in [5, 5.41) is 2.90. The Morgan fingerprint density at radius 1 is 1.29 bits per heavy atom. The fourth-order valence-electron chi connectivity index (χ4n) is 1.28. The van der Waals surface area contributed by atoms with Crippen molar-refractivity contribution in [2.24, 2.45) is 5.73 Å². The van der Waals surface area contributed by atoms with E-state index in [1.807, 2.05) is 27.7 Å². The van der Waals surface area contributed by atoms with Crippen LogP contribution in [0.5, 0.6) is 0 Å². The smallest absolute Gasteiger partial charge is 0.249 e. The van der Waals surface area contributed by atoms with Gasteiger partial charge in [-0.15, -0.1) is 0 Å². The van der Waals surface area contributed by atoms with Crippen molar-refractivity contribution in [3.05, 3.63) is 0 Å². The van der Waals surface area contributed by atoms with Crippen LogP contribution in [-0.4, -0.2) is 30.2 Å². The number of ether oxygens (including phenoxy) is 1. The zero-order chi connectivity index (χ0) is 13.5. The molecule has 102 valence electrons. The predicted molar refractivity (Wildman–Crippen MR) is 70.8 cm³/mol. The van der Waals surface area contributed by atoms with E-state index in [2.05, 4.69) is 5.32 Å². The number of hydrogen-bond donors (Lipinski definition) is 2. The first-order valence-electron chi connectivity index (χ1n) is 6.59. The molecular formula is C13H28N2O2. The molecule has 17 heavy (non-hydrogen) atoms. The average Bonchev–Trinajstić information content (AvgIpc) is 2.35. The molecule has 0 heterocycles. The second-order valence-corrected chi connectivity index (χ2v) is 4.84. The maximum atomic E-state index is 11.7. The number of carbonyl (C=O) groups is 1. The molecule has 0 fully saturated rings. The van der Waals surface area contributed by atoms with Gasteiger partial charge in [0.25, 0.3) is 0 Å². The second kappa shape index (κ2) is 7.67. The second-order valence-electron chi connectivity index (χ2n) is 4.84. The molecule has 0 radical (unpaired) electrons. The van der Waals surface area contributed by atoms with Gasteiger partial charge in [-0.3, -0.25) is 4.79 Å². The molecule has 0 aliphatic carbocycles. The molecule has 0 bridgehead atoms. The van der Waals surface area contributed by atoms with E-state index in [-0.39, 0.29) is 17.5 Å². The molecule has 0 saturated carbocycles. The predicted octanol–water partition coefficient (Wildman–Crippen LogP) is 1.82. The van der Waals surface area contributed by atoms with Gasteiger partial charge in [0.15, 0.2) is 0 Å². The first kappa shape index (κ1) is 16.4. The van der Waals surface area contributed by atoms with E-state index >= 15 is 0 Å². The van der Waals surface area contributed by atoms with E-state index in [1.54, 1.807) is 6.92 Å². The van der Waals surface area contributed by atoms with E-state index in [9.17, 15) is 4.79 Å². The number of nitrogens with two attached hydrogens (primary N) is 1. The zero-order valence-corrected chi connectivity index (χ0v) is 11.9. The van der Waals surface area contributed by atoms with Crippen LogP contribution in [0.15, 0.2) is 0 Å². The summed E-state index contributed by atoms with van der Waals surface area (Å²) in [6.45, 7) is 10.3. The molecule has 2 atom stereocenters. The monoisotopic (exact) mass is 244 g/mol. The molecule has 0 aliphatic rings. The molecule has 0 saturated heterocycles. The summed E-state index contributed by atoms with van der Waals surface area (Å²) in [7, 11) is 0. The Morgan fingerprint density at radius 2 is 1.82 bits per heavy atom. The molecule has 0 spiro atoms. The van der Waals surface area contributed by atoms with Crippen LogP contribution in [0.4, 0.5) is 0 Å². The maximum absolute atomic E-state index is 11.7. The molecular weight excluding hydrogens is 216 g/mol. The summed E-state index contributed by atoms with van der Waals surface area (Å²) < 4.78 is 5.56. The summed E-state index contributed by atoms with van der Waals surface area (Å²) in [4.78, 5) is 11.7. The Kier molecular flexibility index (Phi) is 7.39. The van der Waals surface area contributed by atoms with Crippen molar-refractivity contribution in [1.29, 1.82) is 0 Å². The SMILES string of the molecule is CCC(C)NC(=O)C(C)OCC(N)(CC)CC. The summed E-state index contributed by atoms with van der Waals surface area (Å²) >= 11 is 0. The minimum atomic E-state index is -0.440. The van der Waals surface area contributed by atoms with E-state index in [4.69, 9.17) is 10.5 Å². The number of hydrogen-bond acceptors (Lipinski definition) is 3. The van der Waals surface area contributed by atoms with Crippen LogP contribution in [0.1, 0.15) is 53.9 Å². The van der Waals surface area contributed by atoms with Gasteiger partial charge in [-0.2, -0.15) is 0 Å². The largest absolute Gasteiger partial charge is 0.367 e. The van der Waals surface area contributed by atoms with Crippen LogP contribution in [0, 0.1) is 0 Å². The molecule has 4 nitrogen and oxygen atoms in total. The van der Waals surface area contributed by atoms with Crippen LogP contribution >= 0.6 is 0 Å². The van der Waals surface area contributed by atoms with Crippen molar-refractivity contribution in [1.82, 2.24) is 5.32 Å². The van der Waals surface area contributed by atoms with E-state index in [1.165, 1.54) is 0 Å². The van der Waals surface area contributed by atoms with Crippen LogP contribution < -0.4 is 11.1 Å². The third-order valence-electron chi connectivity index (χ3n) is 3.40. The number of nitrogens with one attached hydrogen (secondary N) is 1. The Labute approximate surface area is 105 Å². The van der Waals surface area contributed by atoms with Crippen LogP contribution in [0.3, 0.4) is 0 Å². The highest BCUT2D eigenvalue weighted by Crippen LogP contribution is 2.12. The fourth-order valence-corrected chi connectivity index (χ4v) is 1.28. The van der Waals surface area contributed by atoms with Gasteiger partial charge in [0.1, 0.15) is 6.10 Å². The highest BCUT2D eigenvalue weighted by atomic mass is 16.5. The van der Waals surface area contributed by atoms with Gasteiger partial charge in [-0.1, -0.05) is 20.8 Å². The molecule has 0 aromatic rings. The summed E-state index contributed by atoms with van der Waals surface area (Å²) in [6.07, 6.45) is 2.18. The Bertz CT molecular complexity index is 227. The minimum absolute atomic E-state index is 0.0612. The Morgan fingerprint density at radius 3 is 2.24 bits per heavy atom. The van der Waals surface area contributed by atoms with Crippen molar-refractivity contribution in [3.8, 4) is 0 Å². The Hall–Kier alpha value is -0.610. The molecule has 0 rings (SSSR count). The molecule has 1 amide bonds. The van der Waals surface area contributed by atoms with Gasteiger partial charge in [0.2, 0.25) is 5.91 Å². The van der Waals surface area contributed by atoms with Crippen molar-refractivity contribution in [2.75, 3.05) is 6.61 Å². The number of amides is 1. The lowest BCUT2D eigenvalue weighted by molar-refractivity contribution is -0.133. The first-order chi connectivity index (χ1) is 7.88. The van der Waals surface area contributed by atoms with Crippen LogP contribution in [0.25, 0.3) is 0 Å². The minimum Gasteiger partial charge on any atom is -0.367 e. The normalized spacial score (nSPS) is 15.4. The van der Waals surface area contributed by atoms with Crippen LogP contribution in [0.2, 0.25) is 0 Å². The highest BCUT2D eigenvalue weighted by molar-refractivity contribution is 5.80. The standard InChI is InChI=1S/C13H28N2O2/c1-6-10(4)15-12(16)11(5)17-9-13(14,7-2)8-3/h10-11H,6-9,14H2,1-5H3,(H,15,16). The van der Waals surface area contributed by atoms with Gasteiger partial charge in [-0.05, 0) is 33.1 Å². The van der Waals surface area contributed by atoms with Crippen molar-refractivity contribution in [2.45, 2.75) is 71.6 Å². The van der Waals surface area contributed by atoms with Gasteiger partial charge in [0.05, 0.1) is 6.61 Å². The van der Waals surface area contributed by atoms with Gasteiger partial charge < -0.3 is 15.8 Å². The average molecular weight is 244 g/mol. The van der Waals surface area contributed by atoms with E-state index < -0.39 is 6.10 Å². The first-order valence-corrected chi connectivity index (χ1v) is 6.59. The van der Waals surface area contributed by atoms with Crippen molar-refractivity contribution in [3.63, 3.8) is 0 Å². The molecule has 2 unspecified atom stereocenters. The van der Waals surface area contributed by atoms with Gasteiger partial charge >= 0.3 is 0 Å². The lowest BCUT2D eigenvalue weighted by Crippen LogP contribution is -2.46. The van der Waals surface area contributed by atoms with Gasteiger partial charge in [-0.25, -0.2) is 0 Å². The van der Waals surface area contributed by atoms with Crippen LogP contribution in [-0.2, 0) is 9.53 Å². The van der Waals surface area contributed by atoms with E-state index in [0.717, 1.165) is 19.3 Å². The summed E-state index contributed by atoms with van der Waals surface area (Å²) in [5.74, 6) is -0.0612. The lowest BCUT2D eigenvalue weighted by Gasteiger charge is -2.28. The van der Waals surface area contributed by atoms with E-state index in [0.29, 0.717) is 6.61 Å². The topological polar surface area (TPSA) is 64.3 Å². The highest BCUT2D eigenvalue weighted by Gasteiger charge is 2.23. The lowest BCUT2D eigenvalue weighted by atomic mass is 9.95. The summed E-state index contributed by atoms with van der Waals surface area (Å²) in [6, 6.07) is 0.188. The maximum Gasteiger partial charge on any atom is 0.249 e. The van der Waals surface area contributed by atoms with Crippen molar-refractivity contribution < 1.29 is 9.53 Å². The summed E-state index contributed by atoms with van der Waals surface area (Å²) in [5.41, 5.74) is 5.80. The third-order valence-corrected chi connectivity index (χ3v) is 3.40. The third kappa shape index (κ3) is 6.03. The van der Waals surface area contributed by atoms with Gasteiger partial charge in [0, 0.05) is 11.6 Å². The molecule has 0 aromatic heterocycles.